The predicted octanol–water partition coefficient (Wildman–Crippen LogP) is 4.73. The van der Waals surface area contributed by atoms with Gasteiger partial charge in [0.1, 0.15) is 11.9 Å². The van der Waals surface area contributed by atoms with Crippen molar-refractivity contribution in [2.75, 3.05) is 24.6 Å². The molecule has 110 valence electrons. The van der Waals surface area contributed by atoms with Crippen LogP contribution in [0.2, 0.25) is 10.0 Å². The number of morpholine rings is 1. The summed E-state index contributed by atoms with van der Waals surface area (Å²) in [5, 5.41) is 1.11. The summed E-state index contributed by atoms with van der Waals surface area (Å²) < 4.78 is 6.83. The number of pyridine rings is 1. The minimum atomic E-state index is -0.0287. The molecular formula is C15H13BrCl2N2O. The molecule has 1 aromatic heterocycles. The lowest BCUT2D eigenvalue weighted by molar-refractivity contribution is 0.0395. The Labute approximate surface area is 142 Å². The smallest absolute Gasteiger partial charge is 0.128 e. The third-order valence-electron chi connectivity index (χ3n) is 3.42. The number of rotatable bonds is 2. The van der Waals surface area contributed by atoms with Crippen LogP contribution in [0, 0.1) is 0 Å². The van der Waals surface area contributed by atoms with Crippen LogP contribution in [0.1, 0.15) is 11.7 Å². The van der Waals surface area contributed by atoms with Crippen LogP contribution in [-0.2, 0) is 4.74 Å². The molecule has 0 radical (unpaired) electrons. The van der Waals surface area contributed by atoms with E-state index in [1.807, 2.05) is 24.3 Å². The first-order chi connectivity index (χ1) is 10.1. The Bertz CT molecular complexity index is 636. The van der Waals surface area contributed by atoms with Crippen molar-refractivity contribution >= 4 is 44.9 Å². The van der Waals surface area contributed by atoms with Crippen LogP contribution < -0.4 is 4.90 Å². The van der Waals surface area contributed by atoms with E-state index in [1.165, 1.54) is 0 Å². The molecule has 1 unspecified atom stereocenters. The Morgan fingerprint density at radius 1 is 1.19 bits per heavy atom. The van der Waals surface area contributed by atoms with Crippen LogP contribution in [-0.4, -0.2) is 24.7 Å². The summed E-state index contributed by atoms with van der Waals surface area (Å²) in [6.45, 7) is 2.22. The molecule has 2 aromatic rings. The molecular weight excluding hydrogens is 375 g/mol. The quantitative estimate of drug-likeness (QED) is 0.744. The predicted molar refractivity (Wildman–Crippen MR) is 89.3 cm³/mol. The number of anilines is 1. The van der Waals surface area contributed by atoms with Gasteiger partial charge in [-0.25, -0.2) is 4.98 Å². The molecule has 1 aliphatic heterocycles. The molecule has 0 bridgehead atoms. The van der Waals surface area contributed by atoms with Crippen molar-refractivity contribution < 1.29 is 4.74 Å². The molecule has 21 heavy (non-hydrogen) atoms. The van der Waals surface area contributed by atoms with Crippen molar-refractivity contribution in [1.29, 1.82) is 0 Å². The van der Waals surface area contributed by atoms with Gasteiger partial charge >= 0.3 is 0 Å². The molecule has 0 spiro atoms. The van der Waals surface area contributed by atoms with Gasteiger partial charge in [0, 0.05) is 23.8 Å². The lowest BCUT2D eigenvalue weighted by Gasteiger charge is -2.34. The SMILES string of the molecule is Clc1ccc(C2CN(c3ccc(Br)cn3)CCO2)cc1Cl. The second kappa shape index (κ2) is 6.53. The maximum absolute atomic E-state index is 6.09. The van der Waals surface area contributed by atoms with Crippen LogP contribution in [0.3, 0.4) is 0 Å². The average molecular weight is 388 g/mol. The highest BCUT2D eigenvalue weighted by Crippen LogP contribution is 2.30. The largest absolute Gasteiger partial charge is 0.370 e. The Hall–Kier alpha value is -0.810. The van der Waals surface area contributed by atoms with Gasteiger partial charge in [-0.05, 0) is 45.8 Å². The minimum absolute atomic E-state index is 0.0287. The monoisotopic (exact) mass is 386 g/mol. The zero-order chi connectivity index (χ0) is 14.8. The van der Waals surface area contributed by atoms with Crippen molar-refractivity contribution in [3.63, 3.8) is 0 Å². The van der Waals surface area contributed by atoms with Gasteiger partial charge in [-0.2, -0.15) is 0 Å². The Morgan fingerprint density at radius 3 is 2.76 bits per heavy atom. The van der Waals surface area contributed by atoms with Gasteiger partial charge in [0.05, 0.1) is 16.7 Å². The van der Waals surface area contributed by atoms with Crippen molar-refractivity contribution in [3.8, 4) is 0 Å². The van der Waals surface area contributed by atoms with E-state index in [4.69, 9.17) is 27.9 Å². The third-order valence-corrected chi connectivity index (χ3v) is 4.63. The molecule has 0 amide bonds. The molecule has 1 saturated heterocycles. The fraction of sp³-hybridized carbons (Fsp3) is 0.267. The zero-order valence-corrected chi connectivity index (χ0v) is 14.2. The third kappa shape index (κ3) is 3.51. The number of halogens is 3. The highest BCUT2D eigenvalue weighted by Gasteiger charge is 2.23. The van der Waals surface area contributed by atoms with Gasteiger partial charge in [-0.15, -0.1) is 0 Å². The van der Waals surface area contributed by atoms with Crippen molar-refractivity contribution in [2.24, 2.45) is 0 Å². The topological polar surface area (TPSA) is 25.4 Å². The van der Waals surface area contributed by atoms with Gasteiger partial charge in [-0.1, -0.05) is 29.3 Å². The second-order valence-corrected chi connectivity index (χ2v) is 6.54. The number of hydrogen-bond acceptors (Lipinski definition) is 3. The first kappa shape index (κ1) is 15.1. The van der Waals surface area contributed by atoms with E-state index in [-0.39, 0.29) is 6.10 Å². The fourth-order valence-corrected chi connectivity index (χ4v) is 2.87. The van der Waals surface area contributed by atoms with E-state index in [9.17, 15) is 0 Å². The molecule has 0 N–H and O–H groups in total. The van der Waals surface area contributed by atoms with Gasteiger partial charge in [-0.3, -0.25) is 0 Å². The van der Waals surface area contributed by atoms with E-state index in [0.29, 0.717) is 16.7 Å². The van der Waals surface area contributed by atoms with Crippen LogP contribution in [0.5, 0.6) is 0 Å². The number of benzene rings is 1. The van der Waals surface area contributed by atoms with E-state index >= 15 is 0 Å². The summed E-state index contributed by atoms with van der Waals surface area (Å²) in [4.78, 5) is 6.65. The molecule has 1 aliphatic rings. The maximum atomic E-state index is 6.09. The molecule has 0 saturated carbocycles. The number of ether oxygens (including phenoxy) is 1. The molecule has 1 atom stereocenters. The average Bonchev–Trinajstić information content (AvgIpc) is 2.51. The number of hydrogen-bond donors (Lipinski definition) is 0. The molecule has 2 heterocycles. The van der Waals surface area contributed by atoms with Gasteiger partial charge in [0.15, 0.2) is 0 Å². The van der Waals surface area contributed by atoms with Crippen molar-refractivity contribution in [3.05, 3.63) is 56.6 Å². The van der Waals surface area contributed by atoms with Crippen molar-refractivity contribution in [2.45, 2.75) is 6.10 Å². The molecule has 1 fully saturated rings. The summed E-state index contributed by atoms with van der Waals surface area (Å²) in [5.74, 6) is 0.951. The highest BCUT2D eigenvalue weighted by molar-refractivity contribution is 9.10. The van der Waals surface area contributed by atoms with Crippen LogP contribution in [0.25, 0.3) is 0 Å². The van der Waals surface area contributed by atoms with Crippen molar-refractivity contribution in [1.82, 2.24) is 4.98 Å². The van der Waals surface area contributed by atoms with Crippen LogP contribution in [0.15, 0.2) is 41.0 Å². The van der Waals surface area contributed by atoms with Gasteiger partial charge in [0.2, 0.25) is 0 Å². The summed E-state index contributed by atoms with van der Waals surface area (Å²) in [7, 11) is 0. The fourth-order valence-electron chi connectivity index (χ4n) is 2.33. The normalized spacial score (nSPS) is 18.8. The second-order valence-electron chi connectivity index (χ2n) is 4.81. The van der Waals surface area contributed by atoms with E-state index in [1.54, 1.807) is 12.3 Å². The first-order valence-electron chi connectivity index (χ1n) is 6.56. The molecule has 3 rings (SSSR count). The summed E-state index contributed by atoms with van der Waals surface area (Å²) in [6, 6.07) is 9.62. The molecule has 6 heteroatoms. The standard InChI is InChI=1S/C15H13BrCl2N2O/c16-11-2-4-15(19-8-11)20-5-6-21-14(9-20)10-1-3-12(17)13(18)7-10/h1-4,7-8,14H,5-6,9H2. The Balaban J connectivity index is 1.79. The summed E-state index contributed by atoms with van der Waals surface area (Å²) >= 11 is 15.4. The Kier molecular flexibility index (Phi) is 4.69. The maximum Gasteiger partial charge on any atom is 0.128 e. The Morgan fingerprint density at radius 2 is 2.05 bits per heavy atom. The molecule has 0 aliphatic carbocycles. The first-order valence-corrected chi connectivity index (χ1v) is 8.11. The zero-order valence-electron chi connectivity index (χ0n) is 11.1. The highest BCUT2D eigenvalue weighted by atomic mass is 79.9. The lowest BCUT2D eigenvalue weighted by atomic mass is 10.1. The summed E-state index contributed by atoms with van der Waals surface area (Å²) in [5.41, 5.74) is 1.03. The van der Waals surface area contributed by atoms with Crippen LogP contribution in [0.4, 0.5) is 5.82 Å². The summed E-state index contributed by atoms with van der Waals surface area (Å²) in [6.07, 6.45) is 1.78. The van der Waals surface area contributed by atoms with Crippen LogP contribution >= 0.6 is 39.1 Å². The molecule has 3 nitrogen and oxygen atoms in total. The van der Waals surface area contributed by atoms with E-state index in [2.05, 4.69) is 25.8 Å². The van der Waals surface area contributed by atoms with E-state index in [0.717, 1.165) is 28.9 Å². The van der Waals surface area contributed by atoms with Gasteiger partial charge < -0.3 is 9.64 Å². The number of aromatic nitrogens is 1. The number of nitrogens with zero attached hydrogens (tertiary/aromatic N) is 2. The lowest BCUT2D eigenvalue weighted by Crippen LogP contribution is -2.38. The van der Waals surface area contributed by atoms with Gasteiger partial charge in [0.25, 0.3) is 0 Å². The molecule has 1 aromatic carbocycles. The van der Waals surface area contributed by atoms with E-state index < -0.39 is 0 Å². The minimum Gasteiger partial charge on any atom is -0.370 e.